The molecule has 0 unspecified atom stereocenters. The molecule has 4 aliphatic carbocycles. The molecule has 4 aliphatic rings. The summed E-state index contributed by atoms with van der Waals surface area (Å²) in [4.78, 5) is 12.8. The summed E-state index contributed by atoms with van der Waals surface area (Å²) in [5.74, 6) is 2.33. The zero-order valence-electron chi connectivity index (χ0n) is 23.9. The summed E-state index contributed by atoms with van der Waals surface area (Å²) in [5.41, 5.74) is 1.27. The smallest absolute Gasteiger partial charge is 0.138 e. The van der Waals surface area contributed by atoms with E-state index in [1.165, 1.54) is 25.7 Å². The van der Waals surface area contributed by atoms with Gasteiger partial charge in [-0.25, -0.2) is 0 Å². The van der Waals surface area contributed by atoms with Crippen molar-refractivity contribution in [2.75, 3.05) is 7.11 Å². The predicted octanol–water partition coefficient (Wildman–Crippen LogP) is 6.33. The normalized spacial score (nSPS) is 43.5. The van der Waals surface area contributed by atoms with Crippen molar-refractivity contribution < 1.29 is 19.7 Å². The fourth-order valence-corrected chi connectivity index (χ4v) is 9.72. The van der Waals surface area contributed by atoms with Crippen LogP contribution >= 0.6 is 0 Å². The summed E-state index contributed by atoms with van der Waals surface area (Å²) in [6.07, 6.45) is 9.08. The van der Waals surface area contributed by atoms with Gasteiger partial charge < -0.3 is 14.9 Å². The Kier molecular flexibility index (Phi) is 6.77. The Labute approximate surface area is 214 Å². The highest BCUT2D eigenvalue weighted by molar-refractivity contribution is 5.85. The van der Waals surface area contributed by atoms with Gasteiger partial charge in [0.15, 0.2) is 0 Å². The molecule has 0 amide bonds. The molecule has 35 heavy (non-hydrogen) atoms. The van der Waals surface area contributed by atoms with Crippen LogP contribution in [-0.2, 0) is 9.53 Å². The van der Waals surface area contributed by atoms with Gasteiger partial charge in [-0.3, -0.25) is 4.79 Å². The predicted molar refractivity (Wildman–Crippen MR) is 141 cm³/mol. The van der Waals surface area contributed by atoms with Crippen LogP contribution in [-0.4, -0.2) is 40.9 Å². The van der Waals surface area contributed by atoms with Crippen molar-refractivity contribution in [3.8, 4) is 0 Å². The zero-order valence-corrected chi connectivity index (χ0v) is 23.9. The first-order valence-corrected chi connectivity index (χ1v) is 14.2. The van der Waals surface area contributed by atoms with Gasteiger partial charge in [-0.1, -0.05) is 53.2 Å². The molecule has 4 heteroatoms. The number of carbonyl (C=O) groups is 1. The third kappa shape index (κ3) is 3.83. The molecule has 0 radical (unpaired) electrons. The average Bonchev–Trinajstić information content (AvgIpc) is 3.07. The molecule has 4 rings (SSSR count). The minimum absolute atomic E-state index is 0.170. The Hall–Kier alpha value is -0.710. The third-order valence-corrected chi connectivity index (χ3v) is 12.5. The molecule has 9 atom stereocenters. The number of ketones is 1. The molecule has 200 valence electrons. The standard InChI is InChI=1S/C31H52O4/c1-19(18-23(32)26(34)28(4,5)35-9)20-12-16-31(8)22-10-11-24-27(2,3)25(33)14-15-29(24,6)21(22)13-17-30(20,31)7/h10,19-21,23-24,26,32,34H,11-18H2,1-9H3/t19-,20+,21-,23+,24-,26-,29+,30-,31+/m0/s1. The van der Waals surface area contributed by atoms with Crippen LogP contribution in [0.5, 0.6) is 0 Å². The summed E-state index contributed by atoms with van der Waals surface area (Å²) in [5, 5.41) is 21.6. The number of aliphatic hydroxyl groups is 2. The molecule has 0 aromatic heterocycles. The number of rotatable bonds is 6. The number of carbonyl (C=O) groups excluding carboxylic acids is 1. The maximum Gasteiger partial charge on any atom is 0.138 e. The lowest BCUT2D eigenvalue weighted by atomic mass is 9.41. The molecular weight excluding hydrogens is 436 g/mol. The number of fused-ring (bicyclic) bond motifs is 5. The van der Waals surface area contributed by atoms with Gasteiger partial charge in [0.25, 0.3) is 0 Å². The van der Waals surface area contributed by atoms with Gasteiger partial charge >= 0.3 is 0 Å². The van der Waals surface area contributed by atoms with Crippen LogP contribution in [0.25, 0.3) is 0 Å². The molecule has 3 fully saturated rings. The monoisotopic (exact) mass is 488 g/mol. The van der Waals surface area contributed by atoms with Crippen molar-refractivity contribution in [3.63, 3.8) is 0 Å². The van der Waals surface area contributed by atoms with Gasteiger partial charge in [0.2, 0.25) is 0 Å². The van der Waals surface area contributed by atoms with Crippen molar-refractivity contribution in [3.05, 3.63) is 11.6 Å². The van der Waals surface area contributed by atoms with Gasteiger partial charge in [-0.05, 0) is 98.7 Å². The van der Waals surface area contributed by atoms with Crippen LogP contribution < -0.4 is 0 Å². The zero-order chi connectivity index (χ0) is 26.2. The highest BCUT2D eigenvalue weighted by Gasteiger charge is 2.65. The Morgan fingerprint density at radius 2 is 1.74 bits per heavy atom. The van der Waals surface area contributed by atoms with E-state index in [9.17, 15) is 15.0 Å². The number of hydrogen-bond donors (Lipinski definition) is 2. The van der Waals surface area contributed by atoms with Crippen LogP contribution in [0, 0.1) is 45.3 Å². The van der Waals surface area contributed by atoms with Gasteiger partial charge in [0.1, 0.15) is 11.9 Å². The Bertz CT molecular complexity index is 873. The minimum atomic E-state index is -0.901. The highest BCUT2D eigenvalue weighted by Crippen LogP contribution is 2.73. The van der Waals surface area contributed by atoms with Crippen molar-refractivity contribution in [1.29, 1.82) is 0 Å². The maximum atomic E-state index is 12.8. The van der Waals surface area contributed by atoms with Crippen LogP contribution in [0.1, 0.15) is 107 Å². The topological polar surface area (TPSA) is 66.8 Å². The van der Waals surface area contributed by atoms with E-state index in [0.29, 0.717) is 35.9 Å². The summed E-state index contributed by atoms with van der Waals surface area (Å²) < 4.78 is 5.44. The van der Waals surface area contributed by atoms with Crippen molar-refractivity contribution in [2.24, 2.45) is 45.3 Å². The number of allylic oxidation sites excluding steroid dienone is 2. The number of aliphatic hydroxyl groups excluding tert-OH is 2. The van der Waals surface area contributed by atoms with E-state index in [2.05, 4.69) is 47.6 Å². The van der Waals surface area contributed by atoms with Crippen molar-refractivity contribution >= 4 is 5.78 Å². The van der Waals surface area contributed by atoms with E-state index in [1.54, 1.807) is 12.7 Å². The molecule has 0 aromatic rings. The second-order valence-corrected chi connectivity index (χ2v) is 14.6. The average molecular weight is 489 g/mol. The first-order valence-electron chi connectivity index (χ1n) is 14.2. The Morgan fingerprint density at radius 3 is 2.37 bits per heavy atom. The van der Waals surface area contributed by atoms with Gasteiger partial charge in [-0.2, -0.15) is 0 Å². The Balaban J connectivity index is 1.59. The lowest BCUT2D eigenvalue weighted by Crippen LogP contribution is -2.57. The maximum absolute atomic E-state index is 12.8. The van der Waals surface area contributed by atoms with Crippen LogP contribution in [0.4, 0.5) is 0 Å². The molecule has 2 N–H and O–H groups in total. The lowest BCUT2D eigenvalue weighted by Gasteiger charge is -2.63. The molecule has 0 spiro atoms. The first-order chi connectivity index (χ1) is 16.1. The SMILES string of the molecule is COC(C)(C)[C@@H](O)[C@H](O)C[C@H](C)[C@H]1CC[C@]2(C)C3=CC[C@H]4C(C)(C)C(=O)CC[C@]4(C)[C@H]3CC[C@@]12C. The molecule has 0 bridgehead atoms. The molecule has 0 aliphatic heterocycles. The molecule has 0 heterocycles. The van der Waals surface area contributed by atoms with Gasteiger partial charge in [0, 0.05) is 18.9 Å². The van der Waals surface area contributed by atoms with Crippen LogP contribution in [0.3, 0.4) is 0 Å². The fourth-order valence-electron chi connectivity index (χ4n) is 9.72. The van der Waals surface area contributed by atoms with E-state index >= 15 is 0 Å². The third-order valence-electron chi connectivity index (χ3n) is 12.5. The number of Topliss-reactive ketones (excluding diaryl/α,β-unsaturated/α-hetero) is 1. The van der Waals surface area contributed by atoms with Crippen LogP contribution in [0.2, 0.25) is 0 Å². The van der Waals surface area contributed by atoms with Gasteiger partial charge in [-0.15, -0.1) is 0 Å². The molecular formula is C31H52O4. The molecule has 0 aromatic carbocycles. The van der Waals surface area contributed by atoms with Crippen molar-refractivity contribution in [2.45, 2.75) is 125 Å². The summed E-state index contributed by atoms with van der Waals surface area (Å²) >= 11 is 0. The number of ether oxygens (including phenoxy) is 1. The van der Waals surface area contributed by atoms with E-state index in [1.807, 2.05) is 13.8 Å². The molecule has 0 saturated heterocycles. The van der Waals surface area contributed by atoms with E-state index in [0.717, 1.165) is 19.3 Å². The lowest BCUT2D eigenvalue weighted by molar-refractivity contribution is -0.146. The first kappa shape index (κ1) is 27.3. The summed E-state index contributed by atoms with van der Waals surface area (Å²) in [6, 6.07) is 0. The van der Waals surface area contributed by atoms with E-state index < -0.39 is 17.8 Å². The highest BCUT2D eigenvalue weighted by atomic mass is 16.5. The van der Waals surface area contributed by atoms with Crippen LogP contribution in [0.15, 0.2) is 11.6 Å². The minimum Gasteiger partial charge on any atom is -0.390 e. The second kappa shape index (κ2) is 8.67. The van der Waals surface area contributed by atoms with E-state index in [4.69, 9.17) is 4.74 Å². The molecule has 3 saturated carbocycles. The Morgan fingerprint density at radius 1 is 1.09 bits per heavy atom. The van der Waals surface area contributed by atoms with Gasteiger partial charge in [0.05, 0.1) is 11.7 Å². The summed E-state index contributed by atoms with van der Waals surface area (Å²) in [7, 11) is 1.59. The van der Waals surface area contributed by atoms with E-state index in [-0.39, 0.29) is 21.7 Å². The number of methoxy groups -OCH3 is 1. The fraction of sp³-hybridized carbons (Fsp3) is 0.903. The van der Waals surface area contributed by atoms with Crippen molar-refractivity contribution in [1.82, 2.24) is 0 Å². The quantitative estimate of drug-likeness (QED) is 0.429. The summed E-state index contributed by atoms with van der Waals surface area (Å²) in [6.45, 7) is 17.9. The second-order valence-electron chi connectivity index (χ2n) is 14.6. The largest absolute Gasteiger partial charge is 0.390 e. The number of hydrogen-bond acceptors (Lipinski definition) is 4. The molecule has 4 nitrogen and oxygen atoms in total.